The van der Waals surface area contributed by atoms with Crippen LogP contribution in [0.4, 0.5) is 0 Å². The molecule has 6 rings (SSSR count). The standard InChI is InChI=1S/C65H93N13O18S2/c1-37(2)26-46-60(89)72-48(31-55(83)84)59(88)69-38(3)64(93)77-22-10-13-51(77)62(91)74-47(30-39-15-17-42(79)18-16-39)61(90)71-45(19-20-54(81)82)58(87)75-49(56(67)85)35-97-33-40-27-41-29-43(28-40)95-24-8-4-5-9-25-96-68-32-53(80)70-44(12-6-7-21-66)57(86)76-50(36-98-34-41)65(94)78-23-11-14-52(78)63(92)73-46/h15-18,27-29,32,37-38,44-52,79H,4-14,19-26,30-31,33-36,66H2,1-3H3,(H2,67,85)(H,69,88)(H,70,80)(H,71,90)(H,72,89)(H,73,92)(H,74,91)(H,75,87)(H,76,86)(H,81,82)(H,83,84)/p-1/b68-32+/t38-,44-,45-,46-,47-,48-,49-,50-,51-,52-/m0/s1. The molecule has 0 spiro atoms. The highest BCUT2D eigenvalue weighted by atomic mass is 32.2. The average Bonchev–Trinajstić information content (AvgIpc) is 1.62. The second-order valence-electron chi connectivity index (χ2n) is 25.1. The highest BCUT2D eigenvalue weighted by Gasteiger charge is 2.42. The molecule has 2 aromatic carbocycles. The van der Waals surface area contributed by atoms with Gasteiger partial charge in [-0.1, -0.05) is 37.2 Å². The Morgan fingerprint density at radius 3 is 1.83 bits per heavy atom. The number of hydrogen-bond acceptors (Lipinski definition) is 21. The number of nitrogens with zero attached hydrogens (tertiary/aromatic N) is 3. The molecular formula is C65H92N13O18S2-. The van der Waals surface area contributed by atoms with Crippen LogP contribution >= 0.6 is 23.5 Å². The number of carboxylic acids is 2. The first-order valence-corrected chi connectivity index (χ1v) is 35.5. The first-order chi connectivity index (χ1) is 46.8. The molecular weight excluding hydrogens is 1310 g/mol. The summed E-state index contributed by atoms with van der Waals surface area (Å²) >= 11 is 2.44. The summed E-state index contributed by atoms with van der Waals surface area (Å²) in [5.74, 6) is -12.8. The van der Waals surface area contributed by atoms with Crippen LogP contribution in [0.25, 0.3) is 0 Å². The quantitative estimate of drug-likeness (QED) is 0.0820. The Morgan fingerprint density at radius 2 is 1.20 bits per heavy atom. The minimum absolute atomic E-state index is 0.0310. The number of thioether (sulfide) groups is 2. The van der Waals surface area contributed by atoms with Gasteiger partial charge in [-0.05, 0) is 144 Å². The number of phenolic OH excluding ortho intramolecular Hbond substituents is 1. The van der Waals surface area contributed by atoms with Crippen molar-refractivity contribution in [2.75, 3.05) is 44.4 Å². The zero-order valence-electron chi connectivity index (χ0n) is 55.5. The summed E-state index contributed by atoms with van der Waals surface area (Å²) in [6.45, 7) is 5.81. The Hall–Kier alpha value is -8.72. The molecule has 2 aromatic rings. The van der Waals surface area contributed by atoms with Crippen LogP contribution in [0, 0.1) is 5.92 Å². The van der Waals surface area contributed by atoms with Crippen molar-refractivity contribution in [3.63, 3.8) is 0 Å². The van der Waals surface area contributed by atoms with Gasteiger partial charge < -0.3 is 98.3 Å². The van der Waals surface area contributed by atoms with Crippen molar-refractivity contribution in [1.29, 1.82) is 0 Å². The minimum Gasteiger partial charge on any atom is -0.550 e. The van der Waals surface area contributed by atoms with Gasteiger partial charge in [-0.15, -0.1) is 0 Å². The number of carboxylic acid groups (broad SMARTS) is 2. The Morgan fingerprint density at radius 1 is 0.643 bits per heavy atom. The number of benzene rings is 2. The number of aliphatic carboxylic acids is 2. The number of nitrogens with one attached hydrogen (secondary N) is 8. The number of carbonyl (C=O) groups excluding carboxylic acids is 13. The van der Waals surface area contributed by atoms with Gasteiger partial charge in [-0.3, -0.25) is 52.7 Å². The molecule has 0 unspecified atom stereocenters. The molecule has 4 aliphatic heterocycles. The van der Waals surface area contributed by atoms with Crippen molar-refractivity contribution in [2.24, 2.45) is 16.8 Å². The highest BCUT2D eigenvalue weighted by Crippen LogP contribution is 2.28. The van der Waals surface area contributed by atoms with Crippen molar-refractivity contribution in [1.82, 2.24) is 52.3 Å². The fourth-order valence-electron chi connectivity index (χ4n) is 11.6. The Balaban J connectivity index is 1.40. The van der Waals surface area contributed by atoms with Crippen LogP contribution < -0.4 is 69.0 Å². The van der Waals surface area contributed by atoms with E-state index in [4.69, 9.17) is 15.3 Å². The number of primary amides is 1. The number of hydrogen-bond donors (Lipinski definition) is 11. The van der Waals surface area contributed by atoms with Crippen LogP contribution in [0.15, 0.2) is 47.6 Å². The molecule has 2 fully saturated rings. The summed E-state index contributed by atoms with van der Waals surface area (Å²) in [4.78, 5) is 188. The van der Waals surface area contributed by atoms with E-state index >= 15 is 4.79 Å². The van der Waals surface area contributed by atoms with Crippen molar-refractivity contribution >= 4 is 107 Å². The first kappa shape index (κ1) is 78.3. The normalized spacial score (nSPS) is 26.0. The maximum Gasteiger partial charge on any atom is 0.266 e. The molecule has 10 atom stereocenters. The van der Waals surface area contributed by atoms with E-state index in [0.717, 1.165) is 24.0 Å². The first-order valence-electron chi connectivity index (χ1n) is 33.2. The van der Waals surface area contributed by atoms with Gasteiger partial charge in [-0.25, -0.2) is 0 Å². The third kappa shape index (κ3) is 25.3. The van der Waals surface area contributed by atoms with Crippen LogP contribution in [0.3, 0.4) is 0 Å². The fraction of sp³-hybridized carbons (Fsp3) is 0.600. The molecule has 0 radical (unpaired) electrons. The number of fused-ring (bicyclic) bond motifs is 7. The van der Waals surface area contributed by atoms with E-state index in [0.29, 0.717) is 67.7 Å². The lowest BCUT2D eigenvalue weighted by Crippen LogP contribution is -2.61. The topological polar surface area (TPSA) is 475 Å². The summed E-state index contributed by atoms with van der Waals surface area (Å²) in [5, 5.41) is 58.7. The fourth-order valence-corrected chi connectivity index (χ4v) is 13.6. The number of nitrogens with two attached hydrogens (primary N) is 1. The Bertz CT molecular complexity index is 3180. The number of quaternary nitrogens is 1. The molecule has 14 N–H and O–H groups in total. The SMILES string of the molecule is CC(C)C[C@@H]1NC(=O)[C@@H]2CCCN2C(=O)[C@@H]2CSCc3cc(cc(c3)OCCCCCCO/N=C/C(=O)N[C@@H](CCCC[NH3+])C(=O)N2)CSC[C@@H](C(N)=O)NC(=O)[C@H](CCC(=O)[O-])NC(=O)[C@H](Cc2ccc(O)cc2)NC(=O)[C@@H]2CCCN2C(=O)[C@H](C)NC(=O)[C@H](CC(=O)[O-])NC1=O. The van der Waals surface area contributed by atoms with Crippen molar-refractivity contribution < 1.29 is 93.0 Å². The van der Waals surface area contributed by atoms with Crippen LogP contribution in [-0.4, -0.2) is 203 Å². The van der Waals surface area contributed by atoms with Crippen LogP contribution in [0.5, 0.6) is 11.5 Å². The van der Waals surface area contributed by atoms with Gasteiger partial charge in [0.2, 0.25) is 59.1 Å². The van der Waals surface area contributed by atoms with Gasteiger partial charge in [-0.2, -0.15) is 23.5 Å². The van der Waals surface area contributed by atoms with E-state index in [-0.39, 0.29) is 92.9 Å². The van der Waals surface area contributed by atoms with E-state index in [2.05, 4.69) is 53.4 Å². The molecule has 31 nitrogen and oxygen atoms in total. The van der Waals surface area contributed by atoms with Crippen LogP contribution in [-0.2, 0) is 85.1 Å². The van der Waals surface area contributed by atoms with E-state index in [1.54, 1.807) is 19.9 Å². The lowest BCUT2D eigenvalue weighted by atomic mass is 10.0. The van der Waals surface area contributed by atoms with Crippen LogP contribution in [0.2, 0.25) is 0 Å². The summed E-state index contributed by atoms with van der Waals surface area (Å²) in [6.07, 6.45) is 2.93. The van der Waals surface area contributed by atoms with Gasteiger partial charge >= 0.3 is 0 Å². The molecule has 0 aliphatic carbocycles. The van der Waals surface area contributed by atoms with E-state index in [1.807, 2.05) is 12.1 Å². The second-order valence-corrected chi connectivity index (χ2v) is 27.2. The number of oxime groups is 1. The van der Waals surface area contributed by atoms with Gasteiger partial charge in [0.05, 0.1) is 13.2 Å². The number of rotatable bonds is 14. The lowest BCUT2D eigenvalue weighted by molar-refractivity contribution is -0.368. The van der Waals surface area contributed by atoms with E-state index in [1.165, 1.54) is 59.6 Å². The number of phenols is 1. The third-order valence-corrected chi connectivity index (χ3v) is 18.9. The minimum atomic E-state index is -1.90. The Kier molecular flexibility index (Phi) is 31.6. The lowest BCUT2D eigenvalue weighted by Gasteiger charge is -2.31. The molecule has 4 heterocycles. The summed E-state index contributed by atoms with van der Waals surface area (Å²) < 4.78 is 6.28. The number of aromatic hydroxyl groups is 1. The predicted octanol–water partition coefficient (Wildman–Crippen LogP) is -3.44. The third-order valence-electron chi connectivity index (χ3n) is 16.7. The predicted molar refractivity (Wildman–Crippen MR) is 354 cm³/mol. The molecule has 2 saturated heterocycles. The monoisotopic (exact) mass is 1410 g/mol. The average molecular weight is 1410 g/mol. The van der Waals surface area contributed by atoms with Gasteiger partial charge in [0.25, 0.3) is 5.91 Å². The summed E-state index contributed by atoms with van der Waals surface area (Å²) in [7, 11) is 0. The molecule has 4 bridgehead atoms. The van der Waals surface area contributed by atoms with E-state index in [9.17, 15) is 72.9 Å². The molecule has 538 valence electrons. The molecule has 4 aliphatic rings. The summed E-state index contributed by atoms with van der Waals surface area (Å²) in [5.41, 5.74) is 11.6. The molecule has 98 heavy (non-hydrogen) atoms. The molecule has 11 amide bonds. The number of amides is 11. The van der Waals surface area contributed by atoms with Crippen molar-refractivity contribution in [3.05, 3.63) is 59.2 Å². The van der Waals surface area contributed by atoms with Gasteiger partial charge in [0, 0.05) is 60.9 Å². The highest BCUT2D eigenvalue weighted by molar-refractivity contribution is 7.98. The maximum atomic E-state index is 15.1. The Labute approximate surface area is 576 Å². The van der Waals surface area contributed by atoms with Crippen molar-refractivity contribution in [3.8, 4) is 11.5 Å². The number of unbranched alkanes of at least 4 members (excludes halogenated alkanes) is 1. The maximum absolute atomic E-state index is 15.1. The summed E-state index contributed by atoms with van der Waals surface area (Å²) in [6, 6.07) is -3.33. The van der Waals surface area contributed by atoms with Crippen LogP contribution in [0.1, 0.15) is 134 Å². The van der Waals surface area contributed by atoms with E-state index < -0.39 is 157 Å². The molecule has 33 heteroatoms. The number of carbonyl (C=O) groups is 13. The molecule has 0 aromatic heterocycles. The number of ether oxygens (including phenoxy) is 1. The van der Waals surface area contributed by atoms with Gasteiger partial charge in [0.15, 0.2) is 0 Å². The smallest absolute Gasteiger partial charge is 0.266 e. The zero-order valence-corrected chi connectivity index (χ0v) is 57.1. The zero-order chi connectivity index (χ0) is 71.4. The van der Waals surface area contributed by atoms with Crippen molar-refractivity contribution in [2.45, 2.75) is 195 Å². The largest absolute Gasteiger partial charge is 0.550 e. The van der Waals surface area contributed by atoms with Gasteiger partial charge in [0.1, 0.15) is 84.7 Å². The molecule has 0 saturated carbocycles. The second kappa shape index (κ2) is 39.6.